The summed E-state index contributed by atoms with van der Waals surface area (Å²) in [5, 5.41) is 0.200. The third kappa shape index (κ3) is 1.83. The van der Waals surface area contributed by atoms with Crippen molar-refractivity contribution in [2.75, 3.05) is 0 Å². The van der Waals surface area contributed by atoms with Crippen LogP contribution in [0.25, 0.3) is 22.4 Å². The minimum absolute atomic E-state index is 0.200. The van der Waals surface area contributed by atoms with Crippen molar-refractivity contribution in [1.82, 2.24) is 19.9 Å². The number of hydrogen-bond acceptors (Lipinski definition) is 4. The van der Waals surface area contributed by atoms with E-state index in [9.17, 15) is 0 Å². The molecule has 0 saturated carbocycles. The topological polar surface area (TPSA) is 51.6 Å². The Balaban J connectivity index is 2.36. The molecule has 0 radical (unpaired) electrons. The first-order valence-corrected chi connectivity index (χ1v) is 5.42. The molecular formula is C12H7ClN4. The molecule has 0 fully saturated rings. The highest BCUT2D eigenvalue weighted by Crippen LogP contribution is 2.23. The summed E-state index contributed by atoms with van der Waals surface area (Å²) in [6, 6.07) is 9.28. The Labute approximate surface area is 102 Å². The first kappa shape index (κ1) is 10.1. The van der Waals surface area contributed by atoms with E-state index in [-0.39, 0.29) is 5.28 Å². The number of fused-ring (bicyclic) bond motifs is 1. The predicted octanol–water partition coefficient (Wildman–Crippen LogP) is 2.74. The van der Waals surface area contributed by atoms with Gasteiger partial charge in [0.25, 0.3) is 0 Å². The van der Waals surface area contributed by atoms with Crippen LogP contribution >= 0.6 is 11.6 Å². The van der Waals surface area contributed by atoms with Gasteiger partial charge in [-0.3, -0.25) is 9.97 Å². The second-order valence-electron chi connectivity index (χ2n) is 3.43. The number of aromatic nitrogens is 4. The fourth-order valence-electron chi connectivity index (χ4n) is 1.62. The van der Waals surface area contributed by atoms with Gasteiger partial charge in [0.1, 0.15) is 11.2 Å². The van der Waals surface area contributed by atoms with Crippen LogP contribution in [0.2, 0.25) is 5.28 Å². The Bertz CT molecular complexity index is 670. The number of hydrogen-bond donors (Lipinski definition) is 0. The summed E-state index contributed by atoms with van der Waals surface area (Å²) < 4.78 is 0. The van der Waals surface area contributed by atoms with Crippen molar-refractivity contribution in [2.45, 2.75) is 0 Å². The van der Waals surface area contributed by atoms with E-state index in [2.05, 4.69) is 19.9 Å². The van der Waals surface area contributed by atoms with E-state index in [0.29, 0.717) is 16.7 Å². The van der Waals surface area contributed by atoms with E-state index in [1.165, 1.54) is 0 Å². The molecule has 3 heterocycles. The van der Waals surface area contributed by atoms with Crippen molar-refractivity contribution in [3.63, 3.8) is 0 Å². The maximum atomic E-state index is 5.90. The quantitative estimate of drug-likeness (QED) is 0.616. The highest BCUT2D eigenvalue weighted by molar-refractivity contribution is 6.28. The summed E-state index contributed by atoms with van der Waals surface area (Å²) in [5.74, 6) is 0. The van der Waals surface area contributed by atoms with Gasteiger partial charge in [0.05, 0.1) is 11.2 Å². The largest absolute Gasteiger partial charge is 0.255 e. The van der Waals surface area contributed by atoms with Gasteiger partial charge in [-0.2, -0.15) is 0 Å². The van der Waals surface area contributed by atoms with E-state index < -0.39 is 0 Å². The van der Waals surface area contributed by atoms with E-state index in [1.807, 2.05) is 30.3 Å². The normalized spacial score (nSPS) is 10.6. The van der Waals surface area contributed by atoms with Gasteiger partial charge in [0.15, 0.2) is 0 Å². The zero-order valence-electron chi connectivity index (χ0n) is 8.71. The molecule has 0 aliphatic carbocycles. The number of halogens is 1. The van der Waals surface area contributed by atoms with E-state index in [4.69, 9.17) is 11.6 Å². The minimum atomic E-state index is 0.200. The molecule has 17 heavy (non-hydrogen) atoms. The van der Waals surface area contributed by atoms with Crippen LogP contribution in [0, 0.1) is 0 Å². The molecule has 4 nitrogen and oxygen atoms in total. The summed E-state index contributed by atoms with van der Waals surface area (Å²) in [5.41, 5.74) is 2.81. The molecule has 0 bridgehead atoms. The van der Waals surface area contributed by atoms with Crippen LogP contribution in [0.15, 0.2) is 42.7 Å². The van der Waals surface area contributed by atoms with Gasteiger partial charge in [0, 0.05) is 12.4 Å². The zero-order chi connectivity index (χ0) is 11.7. The molecule has 0 aromatic carbocycles. The lowest BCUT2D eigenvalue weighted by Crippen LogP contribution is -1.94. The Morgan fingerprint density at radius 3 is 2.59 bits per heavy atom. The maximum Gasteiger partial charge on any atom is 0.223 e. The molecule has 82 valence electrons. The predicted molar refractivity (Wildman–Crippen MR) is 65.6 cm³/mol. The van der Waals surface area contributed by atoms with Crippen LogP contribution in [0.1, 0.15) is 0 Å². The molecule has 0 aliphatic heterocycles. The minimum Gasteiger partial charge on any atom is -0.255 e. The molecule has 0 unspecified atom stereocenters. The summed E-state index contributed by atoms with van der Waals surface area (Å²) >= 11 is 5.90. The fourth-order valence-corrected chi connectivity index (χ4v) is 1.80. The second-order valence-corrected chi connectivity index (χ2v) is 3.77. The summed E-state index contributed by atoms with van der Waals surface area (Å²) in [7, 11) is 0. The average Bonchev–Trinajstić information content (AvgIpc) is 2.39. The SMILES string of the molecule is Clc1nc(-c2ccccn2)c2ncccc2n1. The van der Waals surface area contributed by atoms with Crippen molar-refractivity contribution in [1.29, 1.82) is 0 Å². The van der Waals surface area contributed by atoms with Crippen molar-refractivity contribution in [3.8, 4) is 11.4 Å². The van der Waals surface area contributed by atoms with Crippen LogP contribution < -0.4 is 0 Å². The summed E-state index contributed by atoms with van der Waals surface area (Å²) in [6.07, 6.45) is 3.41. The molecule has 0 aliphatic rings. The van der Waals surface area contributed by atoms with Gasteiger partial charge in [-0.1, -0.05) is 6.07 Å². The lowest BCUT2D eigenvalue weighted by molar-refractivity contribution is 1.18. The smallest absolute Gasteiger partial charge is 0.223 e. The molecule has 0 atom stereocenters. The van der Waals surface area contributed by atoms with Gasteiger partial charge in [-0.15, -0.1) is 0 Å². The molecule has 5 heteroatoms. The Morgan fingerprint density at radius 2 is 1.76 bits per heavy atom. The van der Waals surface area contributed by atoms with Gasteiger partial charge < -0.3 is 0 Å². The number of rotatable bonds is 1. The van der Waals surface area contributed by atoms with Gasteiger partial charge in [0.2, 0.25) is 5.28 Å². The van der Waals surface area contributed by atoms with Crippen LogP contribution in [0.3, 0.4) is 0 Å². The van der Waals surface area contributed by atoms with Crippen molar-refractivity contribution < 1.29 is 0 Å². The standard InChI is InChI=1S/C12H7ClN4/c13-12-16-9-5-3-7-15-10(9)11(17-12)8-4-1-2-6-14-8/h1-7H. The Hall–Kier alpha value is -2.07. The van der Waals surface area contributed by atoms with Crippen LogP contribution in [-0.4, -0.2) is 19.9 Å². The Morgan fingerprint density at radius 1 is 0.882 bits per heavy atom. The monoisotopic (exact) mass is 242 g/mol. The maximum absolute atomic E-state index is 5.90. The second kappa shape index (κ2) is 4.07. The third-order valence-corrected chi connectivity index (χ3v) is 2.50. The molecule has 3 aromatic heterocycles. The Kier molecular flexibility index (Phi) is 2.42. The molecule has 0 N–H and O–H groups in total. The van der Waals surface area contributed by atoms with Gasteiger partial charge >= 0.3 is 0 Å². The zero-order valence-corrected chi connectivity index (χ0v) is 9.46. The highest BCUT2D eigenvalue weighted by atomic mass is 35.5. The van der Waals surface area contributed by atoms with E-state index in [1.54, 1.807) is 12.4 Å². The van der Waals surface area contributed by atoms with Crippen LogP contribution in [-0.2, 0) is 0 Å². The molecule has 3 aromatic rings. The molecular weight excluding hydrogens is 236 g/mol. The molecule has 0 amide bonds. The van der Waals surface area contributed by atoms with Crippen molar-refractivity contribution in [3.05, 3.63) is 48.0 Å². The van der Waals surface area contributed by atoms with Crippen molar-refractivity contribution in [2.24, 2.45) is 0 Å². The van der Waals surface area contributed by atoms with Crippen LogP contribution in [0.4, 0.5) is 0 Å². The first-order valence-electron chi connectivity index (χ1n) is 5.04. The first-order chi connectivity index (χ1) is 8.34. The molecule has 0 spiro atoms. The fraction of sp³-hybridized carbons (Fsp3) is 0. The van der Waals surface area contributed by atoms with E-state index in [0.717, 1.165) is 5.69 Å². The lowest BCUT2D eigenvalue weighted by Gasteiger charge is -2.03. The lowest BCUT2D eigenvalue weighted by atomic mass is 10.2. The summed E-state index contributed by atoms with van der Waals surface area (Å²) in [4.78, 5) is 16.9. The molecule has 3 rings (SSSR count). The van der Waals surface area contributed by atoms with Crippen molar-refractivity contribution >= 4 is 22.6 Å². The van der Waals surface area contributed by atoms with Crippen LogP contribution in [0.5, 0.6) is 0 Å². The van der Waals surface area contributed by atoms with Gasteiger partial charge in [-0.05, 0) is 35.9 Å². The number of pyridine rings is 2. The van der Waals surface area contributed by atoms with Gasteiger partial charge in [-0.25, -0.2) is 9.97 Å². The van der Waals surface area contributed by atoms with E-state index >= 15 is 0 Å². The molecule has 0 saturated heterocycles. The average molecular weight is 243 g/mol. The third-order valence-electron chi connectivity index (χ3n) is 2.34. The summed E-state index contributed by atoms with van der Waals surface area (Å²) in [6.45, 7) is 0. The highest BCUT2D eigenvalue weighted by Gasteiger charge is 2.10. The number of nitrogens with zero attached hydrogens (tertiary/aromatic N) is 4.